The average molecular weight is 199 g/mol. The molecule has 1 rings (SSSR count). The SMILES string of the molecule is CN1CC1OI. The molecule has 0 aromatic carbocycles. The molecule has 0 amide bonds. The van der Waals surface area contributed by atoms with Crippen molar-refractivity contribution in [3.8, 4) is 0 Å². The second-order valence-electron chi connectivity index (χ2n) is 1.48. The molecule has 0 spiro atoms. The van der Waals surface area contributed by atoms with Crippen molar-refractivity contribution in [1.82, 2.24) is 4.90 Å². The molecular formula is C3H6INO. The van der Waals surface area contributed by atoms with Crippen molar-refractivity contribution < 1.29 is 3.07 Å². The number of likely N-dealkylation sites (N-methyl/N-ethyl adjacent to an activating group) is 1. The van der Waals surface area contributed by atoms with Gasteiger partial charge in [0.25, 0.3) is 0 Å². The zero-order valence-corrected chi connectivity index (χ0v) is 5.68. The van der Waals surface area contributed by atoms with E-state index in [1.807, 2.05) is 30.1 Å². The number of rotatable bonds is 1. The van der Waals surface area contributed by atoms with Crippen LogP contribution in [0.1, 0.15) is 0 Å². The van der Waals surface area contributed by atoms with Gasteiger partial charge in [0.05, 0.1) is 0 Å². The maximum absolute atomic E-state index is 4.87. The molecule has 1 fully saturated rings. The molecule has 0 radical (unpaired) electrons. The van der Waals surface area contributed by atoms with E-state index in [1.165, 1.54) is 0 Å². The Morgan fingerprint density at radius 2 is 2.50 bits per heavy atom. The van der Waals surface area contributed by atoms with Gasteiger partial charge in [-0.05, 0) is 7.05 Å². The van der Waals surface area contributed by atoms with Gasteiger partial charge < -0.3 is 0 Å². The van der Waals surface area contributed by atoms with Crippen LogP contribution in [0.2, 0.25) is 0 Å². The Labute approximate surface area is 51.2 Å². The molecule has 2 nitrogen and oxygen atoms in total. The lowest BCUT2D eigenvalue weighted by molar-refractivity contribution is 0.335. The van der Waals surface area contributed by atoms with E-state index in [0.29, 0.717) is 6.23 Å². The maximum Gasteiger partial charge on any atom is 0.135 e. The van der Waals surface area contributed by atoms with Crippen LogP contribution in [0.5, 0.6) is 0 Å². The molecule has 2 atom stereocenters. The third-order valence-corrected chi connectivity index (χ3v) is 1.49. The van der Waals surface area contributed by atoms with E-state index in [9.17, 15) is 0 Å². The Balaban J connectivity index is 2.09. The molecule has 1 saturated heterocycles. The van der Waals surface area contributed by atoms with Crippen molar-refractivity contribution in [3.63, 3.8) is 0 Å². The lowest BCUT2D eigenvalue weighted by Crippen LogP contribution is -1.90. The van der Waals surface area contributed by atoms with Crippen molar-refractivity contribution in [3.05, 3.63) is 0 Å². The maximum atomic E-state index is 4.87. The summed E-state index contributed by atoms with van der Waals surface area (Å²) in [5.74, 6) is 0. The lowest BCUT2D eigenvalue weighted by atomic mass is 10.9. The first-order chi connectivity index (χ1) is 2.84. The number of hydrogen-bond acceptors (Lipinski definition) is 2. The van der Waals surface area contributed by atoms with Gasteiger partial charge in [-0.25, -0.2) is 0 Å². The van der Waals surface area contributed by atoms with E-state index < -0.39 is 0 Å². The van der Waals surface area contributed by atoms with Gasteiger partial charge >= 0.3 is 0 Å². The summed E-state index contributed by atoms with van der Waals surface area (Å²) >= 11 is 1.91. The topological polar surface area (TPSA) is 12.2 Å². The summed E-state index contributed by atoms with van der Waals surface area (Å²) in [5, 5.41) is 0. The first-order valence-corrected chi connectivity index (χ1v) is 2.70. The van der Waals surface area contributed by atoms with Crippen molar-refractivity contribution in [1.29, 1.82) is 0 Å². The Morgan fingerprint density at radius 1 is 2.00 bits per heavy atom. The molecule has 0 N–H and O–H groups in total. The van der Waals surface area contributed by atoms with Crippen LogP contribution < -0.4 is 0 Å². The molecule has 0 aromatic heterocycles. The van der Waals surface area contributed by atoms with Crippen LogP contribution in [0.3, 0.4) is 0 Å². The molecule has 36 valence electrons. The molecular weight excluding hydrogens is 193 g/mol. The van der Waals surface area contributed by atoms with E-state index >= 15 is 0 Å². The normalized spacial score (nSPS) is 43.0. The van der Waals surface area contributed by atoms with Crippen LogP contribution in [0.15, 0.2) is 0 Å². The van der Waals surface area contributed by atoms with Gasteiger partial charge in [-0.3, -0.25) is 7.97 Å². The quantitative estimate of drug-likeness (QED) is 0.453. The van der Waals surface area contributed by atoms with Gasteiger partial charge in [-0.1, -0.05) is 0 Å². The van der Waals surface area contributed by atoms with Crippen molar-refractivity contribution >= 4 is 23.0 Å². The second-order valence-corrected chi connectivity index (χ2v) is 1.99. The van der Waals surface area contributed by atoms with Gasteiger partial charge in [0.15, 0.2) is 0 Å². The number of nitrogens with zero attached hydrogens (tertiary/aromatic N) is 1. The molecule has 0 saturated carbocycles. The molecule has 0 bridgehead atoms. The Bertz CT molecular complexity index is 56.8. The third-order valence-electron chi connectivity index (χ3n) is 0.905. The minimum Gasteiger partial charge on any atom is -0.295 e. The fourth-order valence-corrected chi connectivity index (χ4v) is 0.844. The summed E-state index contributed by atoms with van der Waals surface area (Å²) in [6.07, 6.45) is 0.422. The Kier molecular flexibility index (Phi) is 1.31. The van der Waals surface area contributed by atoms with Crippen molar-refractivity contribution in [2.45, 2.75) is 6.23 Å². The highest BCUT2D eigenvalue weighted by Crippen LogP contribution is 2.16. The van der Waals surface area contributed by atoms with E-state index in [-0.39, 0.29) is 0 Å². The molecule has 1 heterocycles. The van der Waals surface area contributed by atoms with Gasteiger partial charge in [0.1, 0.15) is 29.2 Å². The molecule has 1 aliphatic heterocycles. The van der Waals surface area contributed by atoms with Gasteiger partial charge in [0.2, 0.25) is 0 Å². The minimum atomic E-state index is 0.422. The lowest BCUT2D eigenvalue weighted by Gasteiger charge is -1.83. The first kappa shape index (κ1) is 4.80. The van der Waals surface area contributed by atoms with E-state index in [0.717, 1.165) is 6.54 Å². The average Bonchev–Trinajstić information content (AvgIpc) is 2.19. The van der Waals surface area contributed by atoms with E-state index in [4.69, 9.17) is 3.07 Å². The van der Waals surface area contributed by atoms with Crippen LogP contribution in [0.25, 0.3) is 0 Å². The minimum absolute atomic E-state index is 0.422. The van der Waals surface area contributed by atoms with E-state index in [2.05, 4.69) is 4.90 Å². The molecule has 1 aliphatic rings. The number of halogens is 1. The van der Waals surface area contributed by atoms with Crippen LogP contribution in [0, 0.1) is 0 Å². The first-order valence-electron chi connectivity index (χ1n) is 1.82. The smallest absolute Gasteiger partial charge is 0.135 e. The predicted molar refractivity (Wildman–Crippen MR) is 31.5 cm³/mol. The molecule has 6 heavy (non-hydrogen) atoms. The zero-order valence-electron chi connectivity index (χ0n) is 3.52. The van der Waals surface area contributed by atoms with Crippen LogP contribution >= 0.6 is 23.0 Å². The summed E-state index contributed by atoms with van der Waals surface area (Å²) in [6.45, 7) is 1.10. The van der Waals surface area contributed by atoms with Crippen LogP contribution in [-0.2, 0) is 3.07 Å². The molecule has 0 aromatic rings. The van der Waals surface area contributed by atoms with Crippen LogP contribution in [0.4, 0.5) is 0 Å². The molecule has 0 aliphatic carbocycles. The summed E-state index contributed by atoms with van der Waals surface area (Å²) in [5.41, 5.74) is 0. The zero-order chi connectivity index (χ0) is 4.57. The predicted octanol–water partition coefficient (Wildman–Crippen LogP) is 0.624. The monoisotopic (exact) mass is 199 g/mol. The largest absolute Gasteiger partial charge is 0.295 e. The summed E-state index contributed by atoms with van der Waals surface area (Å²) < 4.78 is 4.87. The highest BCUT2D eigenvalue weighted by atomic mass is 127. The second kappa shape index (κ2) is 1.63. The van der Waals surface area contributed by atoms with E-state index in [1.54, 1.807) is 0 Å². The summed E-state index contributed by atoms with van der Waals surface area (Å²) in [4.78, 5) is 2.12. The fourth-order valence-electron chi connectivity index (χ4n) is 0.295. The van der Waals surface area contributed by atoms with Gasteiger partial charge in [-0.15, -0.1) is 0 Å². The Morgan fingerprint density at radius 3 is 2.50 bits per heavy atom. The van der Waals surface area contributed by atoms with Crippen molar-refractivity contribution in [2.24, 2.45) is 0 Å². The highest BCUT2D eigenvalue weighted by Gasteiger charge is 2.29. The van der Waals surface area contributed by atoms with Gasteiger partial charge in [0, 0.05) is 6.54 Å². The van der Waals surface area contributed by atoms with Crippen LogP contribution in [-0.4, -0.2) is 24.7 Å². The summed E-state index contributed by atoms with van der Waals surface area (Å²) in [6, 6.07) is 0. The Hall–Kier alpha value is 0.650. The fraction of sp³-hybridized carbons (Fsp3) is 1.00. The molecule has 2 unspecified atom stereocenters. The highest BCUT2D eigenvalue weighted by molar-refractivity contribution is 14.1. The molecule has 3 heteroatoms. The van der Waals surface area contributed by atoms with Gasteiger partial charge in [-0.2, -0.15) is 0 Å². The summed E-state index contributed by atoms with van der Waals surface area (Å²) in [7, 11) is 2.03. The standard InChI is InChI=1S/C3H6INO/c1-5-2-3(5)6-4/h3H,2H2,1H3. The van der Waals surface area contributed by atoms with Crippen molar-refractivity contribution in [2.75, 3.05) is 13.6 Å². The third kappa shape index (κ3) is 0.828. The number of hydrogen-bond donors (Lipinski definition) is 0.